The van der Waals surface area contributed by atoms with Gasteiger partial charge in [-0.3, -0.25) is 4.90 Å². The van der Waals surface area contributed by atoms with Gasteiger partial charge in [-0.25, -0.2) is 0 Å². The van der Waals surface area contributed by atoms with Crippen LogP contribution in [0, 0.1) is 5.92 Å². The van der Waals surface area contributed by atoms with Crippen LogP contribution in [0.5, 0.6) is 0 Å². The number of furan rings is 1. The van der Waals surface area contributed by atoms with Crippen molar-refractivity contribution in [3.05, 3.63) is 22.6 Å². The summed E-state index contributed by atoms with van der Waals surface area (Å²) in [6.07, 6.45) is 1.29. The first-order valence-electron chi connectivity index (χ1n) is 5.39. The number of likely N-dealkylation sites (tertiary alicyclic amines) is 1. The van der Waals surface area contributed by atoms with Crippen molar-refractivity contribution in [2.45, 2.75) is 13.0 Å². The second kappa shape index (κ2) is 5.14. The van der Waals surface area contributed by atoms with Crippen molar-refractivity contribution >= 4 is 15.9 Å². The number of nitrogens with zero attached hydrogens (tertiary/aromatic N) is 1. The molecule has 1 aromatic rings. The van der Waals surface area contributed by atoms with Gasteiger partial charge in [-0.15, -0.1) is 0 Å². The molecule has 1 fully saturated rings. The molecule has 1 aliphatic rings. The van der Waals surface area contributed by atoms with Crippen molar-refractivity contribution < 1.29 is 4.42 Å². The molecule has 0 bridgehead atoms. The minimum atomic E-state index is 0.799. The van der Waals surface area contributed by atoms with Crippen LogP contribution in [-0.4, -0.2) is 31.6 Å². The number of nitrogens with one attached hydrogen (secondary N) is 1. The van der Waals surface area contributed by atoms with Crippen molar-refractivity contribution in [3.63, 3.8) is 0 Å². The van der Waals surface area contributed by atoms with Gasteiger partial charge in [0.2, 0.25) is 0 Å². The van der Waals surface area contributed by atoms with Crippen LogP contribution in [0.1, 0.15) is 12.2 Å². The van der Waals surface area contributed by atoms with Gasteiger partial charge in [0.15, 0.2) is 4.67 Å². The molecule has 0 spiro atoms. The summed E-state index contributed by atoms with van der Waals surface area (Å²) in [5.74, 6) is 1.85. The van der Waals surface area contributed by atoms with E-state index < -0.39 is 0 Å². The summed E-state index contributed by atoms with van der Waals surface area (Å²) in [6.45, 7) is 4.42. The van der Waals surface area contributed by atoms with Gasteiger partial charge in [0.1, 0.15) is 5.76 Å². The van der Waals surface area contributed by atoms with Crippen LogP contribution in [0.25, 0.3) is 0 Å². The first-order chi connectivity index (χ1) is 7.28. The number of halogens is 1. The topological polar surface area (TPSA) is 28.4 Å². The Morgan fingerprint density at radius 1 is 1.60 bits per heavy atom. The van der Waals surface area contributed by atoms with Crippen molar-refractivity contribution in [3.8, 4) is 0 Å². The largest absolute Gasteiger partial charge is 0.453 e. The maximum atomic E-state index is 5.50. The van der Waals surface area contributed by atoms with Crippen LogP contribution in [0.3, 0.4) is 0 Å². The van der Waals surface area contributed by atoms with Crippen LogP contribution in [0.4, 0.5) is 0 Å². The molecule has 2 heterocycles. The molecule has 4 heteroatoms. The minimum absolute atomic E-state index is 0.799. The molecule has 3 nitrogen and oxygen atoms in total. The monoisotopic (exact) mass is 272 g/mol. The van der Waals surface area contributed by atoms with Crippen LogP contribution in [0.15, 0.2) is 21.2 Å². The highest BCUT2D eigenvalue weighted by Gasteiger charge is 2.22. The molecule has 0 aliphatic carbocycles. The van der Waals surface area contributed by atoms with Gasteiger partial charge in [0, 0.05) is 6.54 Å². The second-order valence-electron chi connectivity index (χ2n) is 4.15. The SMILES string of the molecule is CNCC1CCN(Cc2ccc(Br)o2)C1. The summed E-state index contributed by atoms with van der Waals surface area (Å²) >= 11 is 3.32. The number of rotatable bonds is 4. The maximum absolute atomic E-state index is 5.50. The molecule has 0 saturated carbocycles. The first kappa shape index (κ1) is 11.2. The summed E-state index contributed by atoms with van der Waals surface area (Å²) in [7, 11) is 2.02. The van der Waals surface area contributed by atoms with E-state index in [1.807, 2.05) is 19.2 Å². The molecule has 0 radical (unpaired) electrons. The Kier molecular flexibility index (Phi) is 3.83. The first-order valence-corrected chi connectivity index (χ1v) is 6.18. The van der Waals surface area contributed by atoms with E-state index in [4.69, 9.17) is 4.42 Å². The smallest absolute Gasteiger partial charge is 0.169 e. The van der Waals surface area contributed by atoms with E-state index in [9.17, 15) is 0 Å². The molecular formula is C11H17BrN2O. The van der Waals surface area contributed by atoms with Crippen LogP contribution in [0.2, 0.25) is 0 Å². The minimum Gasteiger partial charge on any atom is -0.453 e. The van der Waals surface area contributed by atoms with Crippen molar-refractivity contribution in [2.24, 2.45) is 5.92 Å². The van der Waals surface area contributed by atoms with E-state index >= 15 is 0 Å². The third-order valence-electron chi connectivity index (χ3n) is 2.87. The lowest BCUT2D eigenvalue weighted by Gasteiger charge is -2.14. The van der Waals surface area contributed by atoms with Gasteiger partial charge in [-0.1, -0.05) is 0 Å². The summed E-state index contributed by atoms with van der Waals surface area (Å²) in [5.41, 5.74) is 0. The average Bonchev–Trinajstić information content (AvgIpc) is 2.78. The Labute approximate surface area is 99.0 Å². The fourth-order valence-electron chi connectivity index (χ4n) is 2.17. The Hall–Kier alpha value is -0.320. The predicted octanol–water partition coefficient (Wildman–Crippen LogP) is 2.08. The second-order valence-corrected chi connectivity index (χ2v) is 4.93. The Balaban J connectivity index is 1.82. The highest BCUT2D eigenvalue weighted by molar-refractivity contribution is 9.10. The third-order valence-corrected chi connectivity index (χ3v) is 3.30. The molecule has 15 heavy (non-hydrogen) atoms. The van der Waals surface area contributed by atoms with Gasteiger partial charge >= 0.3 is 0 Å². The lowest BCUT2D eigenvalue weighted by atomic mass is 10.1. The quantitative estimate of drug-likeness (QED) is 0.910. The molecule has 0 amide bonds. The average molecular weight is 273 g/mol. The lowest BCUT2D eigenvalue weighted by Crippen LogP contribution is -2.24. The summed E-state index contributed by atoms with van der Waals surface area (Å²) < 4.78 is 6.32. The van der Waals surface area contributed by atoms with Gasteiger partial charge in [-0.2, -0.15) is 0 Å². The van der Waals surface area contributed by atoms with Gasteiger partial charge < -0.3 is 9.73 Å². The molecule has 1 N–H and O–H groups in total. The lowest BCUT2D eigenvalue weighted by molar-refractivity contribution is 0.283. The van der Waals surface area contributed by atoms with Gasteiger partial charge in [-0.05, 0) is 60.5 Å². The van der Waals surface area contributed by atoms with E-state index in [-0.39, 0.29) is 0 Å². The number of hydrogen-bond donors (Lipinski definition) is 1. The molecule has 1 atom stereocenters. The fraction of sp³-hybridized carbons (Fsp3) is 0.636. The predicted molar refractivity (Wildman–Crippen MR) is 63.7 cm³/mol. The van der Waals surface area contributed by atoms with Crippen molar-refractivity contribution in [1.82, 2.24) is 10.2 Å². The van der Waals surface area contributed by atoms with Crippen LogP contribution >= 0.6 is 15.9 Å². The van der Waals surface area contributed by atoms with Crippen LogP contribution < -0.4 is 5.32 Å². The molecule has 2 rings (SSSR count). The Morgan fingerprint density at radius 3 is 3.13 bits per heavy atom. The normalized spacial score (nSPS) is 22.4. The van der Waals surface area contributed by atoms with E-state index in [0.717, 1.165) is 29.4 Å². The number of hydrogen-bond acceptors (Lipinski definition) is 3. The molecule has 84 valence electrons. The Bertz CT molecular complexity index is 313. The highest BCUT2D eigenvalue weighted by atomic mass is 79.9. The Morgan fingerprint density at radius 2 is 2.47 bits per heavy atom. The highest BCUT2D eigenvalue weighted by Crippen LogP contribution is 2.20. The van der Waals surface area contributed by atoms with E-state index in [0.29, 0.717) is 0 Å². The van der Waals surface area contributed by atoms with E-state index in [1.54, 1.807) is 0 Å². The standard InChI is InChI=1S/C11H17BrN2O/c1-13-6-9-4-5-14(7-9)8-10-2-3-11(12)15-10/h2-3,9,13H,4-8H2,1H3. The van der Waals surface area contributed by atoms with Gasteiger partial charge in [0.05, 0.1) is 6.54 Å². The zero-order valence-electron chi connectivity index (χ0n) is 9.00. The zero-order chi connectivity index (χ0) is 10.7. The summed E-state index contributed by atoms with van der Waals surface area (Å²) in [5, 5.41) is 3.24. The zero-order valence-corrected chi connectivity index (χ0v) is 10.6. The van der Waals surface area contributed by atoms with E-state index in [1.165, 1.54) is 19.5 Å². The summed E-state index contributed by atoms with van der Waals surface area (Å²) in [6, 6.07) is 3.99. The molecule has 1 aromatic heterocycles. The van der Waals surface area contributed by atoms with Crippen molar-refractivity contribution in [2.75, 3.05) is 26.7 Å². The molecule has 1 aliphatic heterocycles. The fourth-order valence-corrected chi connectivity index (χ4v) is 2.51. The maximum Gasteiger partial charge on any atom is 0.169 e. The molecule has 1 saturated heterocycles. The molecule has 1 unspecified atom stereocenters. The molecule has 0 aromatic carbocycles. The third kappa shape index (κ3) is 3.06. The van der Waals surface area contributed by atoms with Crippen LogP contribution in [-0.2, 0) is 6.54 Å². The van der Waals surface area contributed by atoms with Gasteiger partial charge in [0.25, 0.3) is 0 Å². The van der Waals surface area contributed by atoms with Crippen molar-refractivity contribution in [1.29, 1.82) is 0 Å². The summed E-state index contributed by atoms with van der Waals surface area (Å²) in [4.78, 5) is 2.45. The van der Waals surface area contributed by atoms with E-state index in [2.05, 4.69) is 26.1 Å². The molecular weight excluding hydrogens is 256 g/mol.